The summed E-state index contributed by atoms with van der Waals surface area (Å²) in [6.45, 7) is 0.0828. The van der Waals surface area contributed by atoms with Crippen molar-refractivity contribution in [2.45, 2.75) is 17.6 Å². The van der Waals surface area contributed by atoms with Crippen molar-refractivity contribution in [1.29, 1.82) is 0 Å². The van der Waals surface area contributed by atoms with Crippen molar-refractivity contribution < 1.29 is 21.6 Å². The van der Waals surface area contributed by atoms with Crippen LogP contribution in [0.2, 0.25) is 0 Å². The quantitative estimate of drug-likeness (QED) is 0.860. The van der Waals surface area contributed by atoms with Gasteiger partial charge in [0, 0.05) is 13.6 Å². The number of halogens is 3. The Morgan fingerprint density at radius 2 is 1.64 bits per heavy atom. The van der Waals surface area contributed by atoms with Crippen LogP contribution in [0.4, 0.5) is 13.2 Å². The second-order valence-electron chi connectivity index (χ2n) is 4.77. The molecule has 0 atom stereocenters. The molecule has 3 nitrogen and oxygen atoms in total. The van der Waals surface area contributed by atoms with E-state index in [0.29, 0.717) is 6.07 Å². The largest absolute Gasteiger partial charge is 0.416 e. The highest BCUT2D eigenvalue weighted by atomic mass is 32.2. The highest BCUT2D eigenvalue weighted by Gasteiger charge is 2.32. The van der Waals surface area contributed by atoms with Crippen LogP contribution in [-0.2, 0) is 22.7 Å². The Kier molecular flexibility index (Phi) is 4.58. The summed E-state index contributed by atoms with van der Waals surface area (Å²) in [4.78, 5) is -0.374. The summed E-state index contributed by atoms with van der Waals surface area (Å²) in [6, 6.07) is 12.6. The van der Waals surface area contributed by atoms with E-state index in [1.54, 1.807) is 30.3 Å². The van der Waals surface area contributed by atoms with Gasteiger partial charge in [-0.3, -0.25) is 0 Å². The molecule has 0 aliphatic rings. The molecule has 0 N–H and O–H groups in total. The van der Waals surface area contributed by atoms with Crippen LogP contribution >= 0.6 is 0 Å². The number of alkyl halides is 3. The van der Waals surface area contributed by atoms with Gasteiger partial charge in [0.15, 0.2) is 0 Å². The Bertz CT molecular complexity index is 743. The molecular weight excluding hydrogens is 315 g/mol. The molecule has 0 heterocycles. The predicted molar refractivity (Wildman–Crippen MR) is 76.5 cm³/mol. The Balaban J connectivity index is 2.30. The summed E-state index contributed by atoms with van der Waals surface area (Å²) >= 11 is 0. The van der Waals surface area contributed by atoms with Crippen molar-refractivity contribution in [3.63, 3.8) is 0 Å². The lowest BCUT2D eigenvalue weighted by Crippen LogP contribution is -2.26. The molecule has 0 fully saturated rings. The Hall–Kier alpha value is -1.86. The third kappa shape index (κ3) is 3.66. The zero-order valence-electron chi connectivity index (χ0n) is 11.7. The molecule has 2 aromatic rings. The summed E-state index contributed by atoms with van der Waals surface area (Å²) in [7, 11) is -2.65. The molecule has 0 bridgehead atoms. The van der Waals surface area contributed by atoms with Crippen molar-refractivity contribution in [2.75, 3.05) is 7.05 Å². The van der Waals surface area contributed by atoms with Gasteiger partial charge in [0.1, 0.15) is 0 Å². The first-order valence-electron chi connectivity index (χ1n) is 6.39. The molecule has 0 aromatic heterocycles. The highest BCUT2D eigenvalue weighted by Crippen LogP contribution is 2.31. The van der Waals surface area contributed by atoms with Gasteiger partial charge in [-0.25, -0.2) is 8.42 Å². The lowest BCUT2D eigenvalue weighted by molar-refractivity contribution is -0.137. The standard InChI is InChI=1S/C15H14F3NO2S/c1-19(11-12-6-3-2-4-7-12)22(20,21)14-9-5-8-13(10-14)15(16,17)18/h2-10H,11H2,1H3. The predicted octanol–water partition coefficient (Wildman–Crippen LogP) is 3.53. The number of sulfonamides is 1. The Morgan fingerprint density at radius 1 is 1.00 bits per heavy atom. The monoisotopic (exact) mass is 329 g/mol. The smallest absolute Gasteiger partial charge is 0.207 e. The fraction of sp³-hybridized carbons (Fsp3) is 0.200. The summed E-state index contributed by atoms with van der Waals surface area (Å²) in [5.74, 6) is 0. The van der Waals surface area contributed by atoms with E-state index in [2.05, 4.69) is 0 Å². The lowest BCUT2D eigenvalue weighted by atomic mass is 10.2. The van der Waals surface area contributed by atoms with E-state index in [1.807, 2.05) is 0 Å². The van der Waals surface area contributed by atoms with E-state index in [1.165, 1.54) is 7.05 Å². The van der Waals surface area contributed by atoms with Crippen molar-refractivity contribution in [1.82, 2.24) is 4.31 Å². The topological polar surface area (TPSA) is 37.4 Å². The summed E-state index contributed by atoms with van der Waals surface area (Å²) in [5, 5.41) is 0. The normalized spacial score (nSPS) is 12.6. The van der Waals surface area contributed by atoms with Crippen LogP contribution in [0.25, 0.3) is 0 Å². The molecular formula is C15H14F3NO2S. The van der Waals surface area contributed by atoms with E-state index < -0.39 is 21.8 Å². The number of hydrogen-bond acceptors (Lipinski definition) is 2. The minimum Gasteiger partial charge on any atom is -0.207 e. The highest BCUT2D eigenvalue weighted by molar-refractivity contribution is 7.89. The third-order valence-electron chi connectivity index (χ3n) is 3.12. The molecule has 0 radical (unpaired) electrons. The van der Waals surface area contributed by atoms with Gasteiger partial charge < -0.3 is 0 Å². The van der Waals surface area contributed by atoms with Gasteiger partial charge in [-0.05, 0) is 23.8 Å². The lowest BCUT2D eigenvalue weighted by Gasteiger charge is -2.18. The summed E-state index contributed by atoms with van der Waals surface area (Å²) < 4.78 is 63.9. The van der Waals surface area contributed by atoms with Crippen molar-refractivity contribution >= 4 is 10.0 Å². The van der Waals surface area contributed by atoms with Gasteiger partial charge in [-0.2, -0.15) is 17.5 Å². The van der Waals surface area contributed by atoms with Gasteiger partial charge in [0.25, 0.3) is 0 Å². The summed E-state index contributed by atoms with van der Waals surface area (Å²) in [6.07, 6.45) is -4.58. The first kappa shape index (κ1) is 16.5. The van der Waals surface area contributed by atoms with Gasteiger partial charge >= 0.3 is 6.18 Å². The second kappa shape index (κ2) is 6.10. The van der Waals surface area contributed by atoms with Gasteiger partial charge in [0.05, 0.1) is 10.5 Å². The first-order chi connectivity index (χ1) is 10.2. The minimum atomic E-state index is -4.58. The SMILES string of the molecule is CN(Cc1ccccc1)S(=O)(=O)c1cccc(C(F)(F)F)c1. The fourth-order valence-corrected chi connectivity index (χ4v) is 3.14. The zero-order chi connectivity index (χ0) is 16.4. The van der Waals surface area contributed by atoms with Crippen molar-refractivity contribution in [2.24, 2.45) is 0 Å². The second-order valence-corrected chi connectivity index (χ2v) is 6.82. The van der Waals surface area contributed by atoms with Crippen LogP contribution in [0, 0.1) is 0 Å². The molecule has 22 heavy (non-hydrogen) atoms. The van der Waals surface area contributed by atoms with Gasteiger partial charge in [-0.15, -0.1) is 0 Å². The maximum Gasteiger partial charge on any atom is 0.416 e. The van der Waals surface area contributed by atoms with E-state index in [-0.39, 0.29) is 11.4 Å². The van der Waals surface area contributed by atoms with Crippen LogP contribution in [0.15, 0.2) is 59.5 Å². The average molecular weight is 329 g/mol. The van der Waals surface area contributed by atoms with Crippen LogP contribution in [-0.4, -0.2) is 19.8 Å². The molecule has 0 unspecified atom stereocenters. The Morgan fingerprint density at radius 3 is 2.23 bits per heavy atom. The minimum absolute atomic E-state index is 0.0828. The van der Waals surface area contributed by atoms with Crippen molar-refractivity contribution in [3.05, 3.63) is 65.7 Å². The van der Waals surface area contributed by atoms with Crippen LogP contribution in [0.3, 0.4) is 0 Å². The molecule has 0 aliphatic heterocycles. The number of hydrogen-bond donors (Lipinski definition) is 0. The van der Waals surface area contributed by atoms with E-state index in [9.17, 15) is 21.6 Å². The molecule has 0 saturated heterocycles. The van der Waals surface area contributed by atoms with Gasteiger partial charge in [0.2, 0.25) is 10.0 Å². The molecule has 0 spiro atoms. The fourth-order valence-electron chi connectivity index (χ4n) is 1.94. The van der Waals surface area contributed by atoms with E-state index in [0.717, 1.165) is 28.1 Å². The van der Waals surface area contributed by atoms with E-state index in [4.69, 9.17) is 0 Å². The zero-order valence-corrected chi connectivity index (χ0v) is 12.5. The third-order valence-corrected chi connectivity index (χ3v) is 4.92. The Labute approximate surface area is 127 Å². The summed E-state index contributed by atoms with van der Waals surface area (Å²) in [5.41, 5.74) is -0.234. The van der Waals surface area contributed by atoms with Crippen LogP contribution in [0.5, 0.6) is 0 Å². The molecule has 7 heteroatoms. The van der Waals surface area contributed by atoms with Crippen molar-refractivity contribution in [3.8, 4) is 0 Å². The number of rotatable bonds is 4. The molecule has 118 valence electrons. The van der Waals surface area contributed by atoms with Crippen LogP contribution in [0.1, 0.15) is 11.1 Å². The maximum atomic E-state index is 12.7. The maximum absolute atomic E-state index is 12.7. The van der Waals surface area contributed by atoms with Crippen LogP contribution < -0.4 is 0 Å². The molecule has 0 saturated carbocycles. The average Bonchev–Trinajstić information content (AvgIpc) is 2.47. The van der Waals surface area contributed by atoms with Gasteiger partial charge in [-0.1, -0.05) is 36.4 Å². The number of nitrogens with zero attached hydrogens (tertiary/aromatic N) is 1. The molecule has 0 aliphatic carbocycles. The molecule has 2 aromatic carbocycles. The van der Waals surface area contributed by atoms with E-state index >= 15 is 0 Å². The molecule has 0 amide bonds. The molecule has 2 rings (SSSR count). The first-order valence-corrected chi connectivity index (χ1v) is 7.83. The number of benzene rings is 2.